The van der Waals surface area contributed by atoms with Crippen molar-refractivity contribution in [1.29, 1.82) is 5.26 Å². The van der Waals surface area contributed by atoms with Crippen LogP contribution in [0.3, 0.4) is 0 Å². The molecule has 1 aromatic carbocycles. The molecule has 0 spiro atoms. The lowest BCUT2D eigenvalue weighted by Crippen LogP contribution is -2.12. The Bertz CT molecular complexity index is 595. The fraction of sp³-hybridized carbons (Fsp3) is 0.154. The summed E-state index contributed by atoms with van der Waals surface area (Å²) in [5.74, 6) is -0.215. The van der Waals surface area contributed by atoms with Gasteiger partial charge in [0.15, 0.2) is 0 Å². The summed E-state index contributed by atoms with van der Waals surface area (Å²) in [6, 6.07) is 9.29. The van der Waals surface area contributed by atoms with E-state index in [0.29, 0.717) is 17.8 Å². The van der Waals surface area contributed by atoms with Crippen molar-refractivity contribution in [2.45, 2.75) is 13.3 Å². The summed E-state index contributed by atoms with van der Waals surface area (Å²) in [5.41, 5.74) is 2.06. The number of anilines is 1. The molecular weight excluding hydrogens is 246 g/mol. The third-order valence-corrected chi connectivity index (χ3v) is 3.12. The molecule has 0 atom stereocenters. The fourth-order valence-corrected chi connectivity index (χ4v) is 2.05. The third kappa shape index (κ3) is 2.93. The average Bonchev–Trinajstić information content (AvgIpc) is 2.79. The van der Waals surface area contributed by atoms with Crippen LogP contribution in [0.15, 0.2) is 29.6 Å². The van der Waals surface area contributed by atoms with E-state index in [-0.39, 0.29) is 5.91 Å². The van der Waals surface area contributed by atoms with Gasteiger partial charge in [-0.15, -0.1) is 11.3 Å². The van der Waals surface area contributed by atoms with Crippen molar-refractivity contribution < 1.29 is 4.79 Å². The molecule has 0 bridgehead atoms. The van der Waals surface area contributed by atoms with Gasteiger partial charge in [0, 0.05) is 11.1 Å². The number of benzene rings is 1. The molecule has 0 saturated carbocycles. The number of nitrogens with zero attached hydrogens (tertiary/aromatic N) is 2. The Kier molecular flexibility index (Phi) is 3.70. The molecule has 1 amide bonds. The van der Waals surface area contributed by atoms with Crippen molar-refractivity contribution in [3.05, 3.63) is 45.9 Å². The van der Waals surface area contributed by atoms with Crippen molar-refractivity contribution in [1.82, 2.24) is 4.98 Å². The van der Waals surface area contributed by atoms with E-state index in [1.54, 1.807) is 17.5 Å². The minimum absolute atomic E-state index is 0.215. The van der Waals surface area contributed by atoms with Gasteiger partial charge < -0.3 is 5.32 Å². The van der Waals surface area contributed by atoms with Crippen LogP contribution >= 0.6 is 11.3 Å². The van der Waals surface area contributed by atoms with Gasteiger partial charge in [0.05, 0.1) is 17.5 Å². The molecular formula is C13H11N3OS. The highest BCUT2D eigenvalue weighted by atomic mass is 32.1. The van der Waals surface area contributed by atoms with Gasteiger partial charge in [-0.05, 0) is 24.6 Å². The molecule has 0 radical (unpaired) electrons. The molecule has 5 heteroatoms. The monoisotopic (exact) mass is 257 g/mol. The second kappa shape index (κ2) is 5.43. The maximum absolute atomic E-state index is 11.8. The zero-order valence-electron chi connectivity index (χ0n) is 9.80. The average molecular weight is 257 g/mol. The molecule has 1 N–H and O–H groups in total. The molecule has 2 rings (SSSR count). The second-order valence-electron chi connectivity index (χ2n) is 3.74. The molecule has 0 aliphatic heterocycles. The third-order valence-electron chi connectivity index (χ3n) is 2.35. The van der Waals surface area contributed by atoms with Crippen molar-refractivity contribution in [2.24, 2.45) is 0 Å². The number of aryl methyl sites for hydroxylation is 1. The molecule has 1 heterocycles. The van der Waals surface area contributed by atoms with Crippen molar-refractivity contribution in [3.63, 3.8) is 0 Å². The van der Waals surface area contributed by atoms with Crippen LogP contribution in [0.1, 0.15) is 21.1 Å². The molecule has 0 unspecified atom stereocenters. The Morgan fingerprint density at radius 1 is 1.44 bits per heavy atom. The molecule has 0 aliphatic rings. The van der Waals surface area contributed by atoms with E-state index < -0.39 is 0 Å². The first-order valence-corrected chi connectivity index (χ1v) is 6.26. The smallest absolute Gasteiger partial charge is 0.275 e. The van der Waals surface area contributed by atoms with Crippen molar-refractivity contribution in [2.75, 3.05) is 5.32 Å². The van der Waals surface area contributed by atoms with Crippen LogP contribution in [0.4, 0.5) is 5.69 Å². The molecule has 0 fully saturated rings. The van der Waals surface area contributed by atoms with E-state index in [1.807, 2.05) is 19.1 Å². The molecule has 4 nitrogen and oxygen atoms in total. The number of thiazole rings is 1. The highest BCUT2D eigenvalue weighted by Gasteiger charge is 2.09. The Labute approximate surface area is 109 Å². The van der Waals surface area contributed by atoms with Gasteiger partial charge >= 0.3 is 0 Å². The first-order chi connectivity index (χ1) is 8.69. The maximum Gasteiger partial charge on any atom is 0.275 e. The fourth-order valence-electron chi connectivity index (χ4n) is 1.46. The molecule has 2 aromatic rings. The summed E-state index contributed by atoms with van der Waals surface area (Å²) < 4.78 is 0. The number of carbonyl (C=O) groups is 1. The Balaban J connectivity index is 2.05. The van der Waals surface area contributed by atoms with Gasteiger partial charge in [0.2, 0.25) is 0 Å². The second-order valence-corrected chi connectivity index (χ2v) is 4.80. The van der Waals surface area contributed by atoms with Crippen LogP contribution in [0.25, 0.3) is 0 Å². The van der Waals surface area contributed by atoms with E-state index in [2.05, 4.69) is 16.4 Å². The van der Waals surface area contributed by atoms with Gasteiger partial charge in [0.1, 0.15) is 5.69 Å². The zero-order valence-corrected chi connectivity index (χ0v) is 10.6. The molecule has 18 heavy (non-hydrogen) atoms. The Morgan fingerprint density at radius 3 is 2.72 bits per heavy atom. The number of hydrogen-bond donors (Lipinski definition) is 1. The standard InChI is InChI=1S/C13H11N3OS/c1-9-15-12(8-18-9)13(17)16-11-4-2-10(3-5-11)6-7-14/h2-5,8H,6H2,1H3,(H,16,17). The van der Waals surface area contributed by atoms with E-state index in [0.717, 1.165) is 10.6 Å². The van der Waals surface area contributed by atoms with Crippen LogP contribution in [0.5, 0.6) is 0 Å². The minimum atomic E-state index is -0.215. The lowest BCUT2D eigenvalue weighted by atomic mass is 10.1. The van der Waals surface area contributed by atoms with Crippen molar-refractivity contribution in [3.8, 4) is 6.07 Å². The minimum Gasteiger partial charge on any atom is -0.321 e. The van der Waals surface area contributed by atoms with E-state index in [4.69, 9.17) is 5.26 Å². The predicted octanol–water partition coefficient (Wildman–Crippen LogP) is 2.77. The van der Waals surface area contributed by atoms with Gasteiger partial charge in [-0.2, -0.15) is 5.26 Å². The largest absolute Gasteiger partial charge is 0.321 e. The summed E-state index contributed by atoms with van der Waals surface area (Å²) in [5, 5.41) is 13.9. The lowest BCUT2D eigenvalue weighted by Gasteiger charge is -2.03. The van der Waals surface area contributed by atoms with Crippen LogP contribution in [0.2, 0.25) is 0 Å². The number of nitrogens with one attached hydrogen (secondary N) is 1. The van der Waals surface area contributed by atoms with Crippen molar-refractivity contribution >= 4 is 22.9 Å². The zero-order chi connectivity index (χ0) is 13.0. The van der Waals surface area contributed by atoms with Crippen LogP contribution in [-0.2, 0) is 6.42 Å². The number of aromatic nitrogens is 1. The van der Waals surface area contributed by atoms with E-state index >= 15 is 0 Å². The van der Waals surface area contributed by atoms with Crippen LogP contribution < -0.4 is 5.32 Å². The van der Waals surface area contributed by atoms with E-state index in [9.17, 15) is 4.79 Å². The number of amides is 1. The lowest BCUT2D eigenvalue weighted by molar-refractivity contribution is 0.102. The Hall–Kier alpha value is -2.19. The maximum atomic E-state index is 11.8. The molecule has 0 aliphatic carbocycles. The van der Waals surface area contributed by atoms with Gasteiger partial charge in [-0.1, -0.05) is 12.1 Å². The summed E-state index contributed by atoms with van der Waals surface area (Å²) in [7, 11) is 0. The summed E-state index contributed by atoms with van der Waals surface area (Å²) in [6.07, 6.45) is 0.375. The summed E-state index contributed by atoms with van der Waals surface area (Å²) >= 11 is 1.44. The summed E-state index contributed by atoms with van der Waals surface area (Å²) in [6.45, 7) is 1.86. The quantitative estimate of drug-likeness (QED) is 0.919. The van der Waals surface area contributed by atoms with Gasteiger partial charge in [0.25, 0.3) is 5.91 Å². The topological polar surface area (TPSA) is 65.8 Å². The SMILES string of the molecule is Cc1nc(C(=O)Nc2ccc(CC#N)cc2)cs1. The number of nitriles is 1. The van der Waals surface area contributed by atoms with Gasteiger partial charge in [-0.25, -0.2) is 4.98 Å². The number of carbonyl (C=O) groups excluding carboxylic acids is 1. The van der Waals surface area contributed by atoms with Crippen LogP contribution in [-0.4, -0.2) is 10.9 Å². The number of hydrogen-bond acceptors (Lipinski definition) is 4. The highest BCUT2D eigenvalue weighted by molar-refractivity contribution is 7.09. The van der Waals surface area contributed by atoms with E-state index in [1.165, 1.54) is 11.3 Å². The summed E-state index contributed by atoms with van der Waals surface area (Å²) in [4.78, 5) is 15.9. The molecule has 1 aromatic heterocycles. The number of rotatable bonds is 3. The highest BCUT2D eigenvalue weighted by Crippen LogP contribution is 2.13. The first-order valence-electron chi connectivity index (χ1n) is 5.38. The van der Waals surface area contributed by atoms with Crippen LogP contribution in [0, 0.1) is 18.3 Å². The predicted molar refractivity (Wildman–Crippen MR) is 70.6 cm³/mol. The Morgan fingerprint density at radius 2 is 2.17 bits per heavy atom. The first kappa shape index (κ1) is 12.3. The molecule has 90 valence electrons. The molecule has 0 saturated heterocycles. The normalized spacial score (nSPS) is 9.78. The van der Waals surface area contributed by atoms with Gasteiger partial charge in [-0.3, -0.25) is 4.79 Å².